The molecule has 0 atom stereocenters. The Kier molecular flexibility index (Phi) is 3.71. The third kappa shape index (κ3) is 3.51. The fourth-order valence-electron chi connectivity index (χ4n) is 1.55. The van der Waals surface area contributed by atoms with Crippen molar-refractivity contribution in [3.63, 3.8) is 0 Å². The van der Waals surface area contributed by atoms with Crippen LogP contribution in [0, 0.1) is 5.82 Å². The zero-order valence-corrected chi connectivity index (χ0v) is 10.6. The van der Waals surface area contributed by atoms with E-state index in [0.29, 0.717) is 6.07 Å². The van der Waals surface area contributed by atoms with Gasteiger partial charge in [0, 0.05) is 10.7 Å². The van der Waals surface area contributed by atoms with Crippen LogP contribution in [0.2, 0.25) is 5.02 Å². The molecule has 20 heavy (non-hydrogen) atoms. The van der Waals surface area contributed by atoms with Gasteiger partial charge >= 0.3 is 6.18 Å². The molecule has 0 amide bonds. The number of benzene rings is 1. The largest absolute Gasteiger partial charge is 0.416 e. The number of pyridine rings is 1. The van der Waals surface area contributed by atoms with E-state index in [4.69, 9.17) is 17.3 Å². The molecule has 0 saturated carbocycles. The molecular formula is C12H8ClF4N3. The van der Waals surface area contributed by atoms with Crippen molar-refractivity contribution >= 4 is 28.9 Å². The maximum atomic E-state index is 13.1. The Morgan fingerprint density at radius 3 is 2.40 bits per heavy atom. The van der Waals surface area contributed by atoms with Gasteiger partial charge in [-0.25, -0.2) is 9.37 Å². The molecule has 0 spiro atoms. The van der Waals surface area contributed by atoms with Crippen LogP contribution in [0.25, 0.3) is 0 Å². The summed E-state index contributed by atoms with van der Waals surface area (Å²) >= 11 is 5.65. The first-order valence-corrected chi connectivity index (χ1v) is 5.70. The highest BCUT2D eigenvalue weighted by Crippen LogP contribution is 2.32. The summed E-state index contributed by atoms with van der Waals surface area (Å²) in [5.41, 5.74) is 4.54. The predicted octanol–water partition coefficient (Wildman–Crippen LogP) is 4.22. The minimum atomic E-state index is -4.55. The standard InChI is InChI=1S/C12H8ClF4N3/c13-7-3-8(14)5-9(4-7)19-11-2-6(12(15,16)17)1-10(18)20-11/h1-5H,(H3,18,19,20). The van der Waals surface area contributed by atoms with Crippen LogP contribution in [0.15, 0.2) is 30.3 Å². The van der Waals surface area contributed by atoms with Crippen molar-refractivity contribution in [1.82, 2.24) is 4.98 Å². The molecular weight excluding hydrogens is 298 g/mol. The van der Waals surface area contributed by atoms with Gasteiger partial charge in [-0.1, -0.05) is 11.6 Å². The molecule has 1 aromatic carbocycles. The minimum absolute atomic E-state index is 0.104. The van der Waals surface area contributed by atoms with Crippen molar-refractivity contribution in [1.29, 1.82) is 0 Å². The smallest absolute Gasteiger partial charge is 0.384 e. The number of aromatic nitrogens is 1. The van der Waals surface area contributed by atoms with E-state index in [9.17, 15) is 17.6 Å². The summed E-state index contributed by atoms with van der Waals surface area (Å²) in [6.07, 6.45) is -4.55. The summed E-state index contributed by atoms with van der Waals surface area (Å²) in [6.45, 7) is 0. The molecule has 0 fully saturated rings. The Balaban J connectivity index is 2.36. The van der Waals surface area contributed by atoms with Gasteiger partial charge in [-0.2, -0.15) is 13.2 Å². The Morgan fingerprint density at radius 1 is 1.10 bits per heavy atom. The summed E-state index contributed by atoms with van der Waals surface area (Å²) in [5, 5.41) is 2.63. The summed E-state index contributed by atoms with van der Waals surface area (Å²) < 4.78 is 51.0. The van der Waals surface area contributed by atoms with Crippen LogP contribution in [-0.4, -0.2) is 4.98 Å². The minimum Gasteiger partial charge on any atom is -0.384 e. The van der Waals surface area contributed by atoms with Gasteiger partial charge in [0.25, 0.3) is 0 Å². The maximum Gasteiger partial charge on any atom is 0.416 e. The molecule has 106 valence electrons. The van der Waals surface area contributed by atoms with Crippen molar-refractivity contribution in [3.05, 3.63) is 46.7 Å². The number of hydrogen-bond acceptors (Lipinski definition) is 3. The Hall–Kier alpha value is -2.02. The molecule has 0 bridgehead atoms. The second-order valence-corrected chi connectivity index (χ2v) is 4.38. The van der Waals surface area contributed by atoms with Gasteiger partial charge < -0.3 is 11.1 Å². The molecule has 3 nitrogen and oxygen atoms in total. The molecule has 0 aliphatic rings. The number of rotatable bonds is 2. The number of nitrogens with zero attached hydrogens (tertiary/aromatic N) is 1. The van der Waals surface area contributed by atoms with E-state index in [1.807, 2.05) is 0 Å². The number of anilines is 3. The normalized spacial score (nSPS) is 11.4. The number of nitrogen functional groups attached to an aromatic ring is 1. The van der Waals surface area contributed by atoms with Crippen LogP contribution in [0.3, 0.4) is 0 Å². The highest BCUT2D eigenvalue weighted by Gasteiger charge is 2.31. The van der Waals surface area contributed by atoms with Crippen LogP contribution >= 0.6 is 11.6 Å². The monoisotopic (exact) mass is 305 g/mol. The molecule has 2 rings (SSSR count). The average Bonchev–Trinajstić information content (AvgIpc) is 2.25. The Labute approximate surface area is 116 Å². The lowest BCUT2D eigenvalue weighted by Crippen LogP contribution is -2.08. The fraction of sp³-hybridized carbons (Fsp3) is 0.0833. The molecule has 0 radical (unpaired) electrons. The van der Waals surface area contributed by atoms with E-state index in [1.54, 1.807) is 0 Å². The lowest BCUT2D eigenvalue weighted by Gasteiger charge is -2.11. The van der Waals surface area contributed by atoms with Gasteiger partial charge in [0.05, 0.1) is 5.56 Å². The first kappa shape index (κ1) is 14.4. The number of nitrogens with two attached hydrogens (primary N) is 1. The summed E-state index contributed by atoms with van der Waals surface area (Å²) in [7, 11) is 0. The lowest BCUT2D eigenvalue weighted by molar-refractivity contribution is -0.137. The second-order valence-electron chi connectivity index (χ2n) is 3.95. The quantitative estimate of drug-likeness (QED) is 0.817. The highest BCUT2D eigenvalue weighted by molar-refractivity contribution is 6.30. The zero-order valence-electron chi connectivity index (χ0n) is 9.80. The van der Waals surface area contributed by atoms with E-state index in [0.717, 1.165) is 18.2 Å². The fourth-order valence-corrected chi connectivity index (χ4v) is 1.78. The van der Waals surface area contributed by atoms with E-state index >= 15 is 0 Å². The van der Waals surface area contributed by atoms with E-state index in [1.165, 1.54) is 6.07 Å². The first-order valence-electron chi connectivity index (χ1n) is 5.32. The second kappa shape index (κ2) is 5.16. The first-order chi connectivity index (χ1) is 9.24. The van der Waals surface area contributed by atoms with Gasteiger partial charge in [0.1, 0.15) is 17.5 Å². The van der Waals surface area contributed by atoms with Crippen molar-refractivity contribution < 1.29 is 17.6 Å². The predicted molar refractivity (Wildman–Crippen MR) is 68.3 cm³/mol. The topological polar surface area (TPSA) is 50.9 Å². The number of nitrogens with one attached hydrogen (secondary N) is 1. The third-order valence-corrected chi connectivity index (χ3v) is 2.53. The zero-order chi connectivity index (χ0) is 14.9. The molecule has 1 aromatic heterocycles. The molecule has 8 heteroatoms. The van der Waals surface area contributed by atoms with Crippen LogP contribution in [0.4, 0.5) is 34.9 Å². The summed E-state index contributed by atoms with van der Waals surface area (Å²) in [4.78, 5) is 3.70. The Morgan fingerprint density at radius 2 is 1.80 bits per heavy atom. The van der Waals surface area contributed by atoms with Gasteiger partial charge in [0.2, 0.25) is 0 Å². The number of hydrogen-bond donors (Lipinski definition) is 2. The molecule has 2 aromatic rings. The van der Waals surface area contributed by atoms with Crippen molar-refractivity contribution in [2.45, 2.75) is 6.18 Å². The molecule has 1 heterocycles. The molecule has 0 saturated heterocycles. The SMILES string of the molecule is Nc1cc(C(F)(F)F)cc(Nc2cc(F)cc(Cl)c2)n1. The van der Waals surface area contributed by atoms with Crippen LogP contribution in [0.1, 0.15) is 5.56 Å². The van der Waals surface area contributed by atoms with Crippen LogP contribution in [-0.2, 0) is 6.18 Å². The molecule has 0 aliphatic heterocycles. The highest BCUT2D eigenvalue weighted by atomic mass is 35.5. The van der Waals surface area contributed by atoms with Gasteiger partial charge in [-0.15, -0.1) is 0 Å². The van der Waals surface area contributed by atoms with Crippen LogP contribution < -0.4 is 11.1 Å². The maximum absolute atomic E-state index is 13.1. The molecule has 0 aliphatic carbocycles. The Bertz CT molecular complexity index is 623. The van der Waals surface area contributed by atoms with Crippen LogP contribution in [0.5, 0.6) is 0 Å². The van der Waals surface area contributed by atoms with Gasteiger partial charge in [0.15, 0.2) is 0 Å². The van der Waals surface area contributed by atoms with Crippen molar-refractivity contribution in [2.75, 3.05) is 11.1 Å². The van der Waals surface area contributed by atoms with Crippen molar-refractivity contribution in [2.24, 2.45) is 0 Å². The van der Waals surface area contributed by atoms with Gasteiger partial charge in [-0.3, -0.25) is 0 Å². The molecule has 3 N–H and O–H groups in total. The average molecular weight is 306 g/mol. The van der Waals surface area contributed by atoms with Crippen molar-refractivity contribution in [3.8, 4) is 0 Å². The lowest BCUT2D eigenvalue weighted by atomic mass is 10.2. The van der Waals surface area contributed by atoms with Gasteiger partial charge in [-0.05, 0) is 30.3 Å². The van der Waals surface area contributed by atoms with E-state index in [-0.39, 0.29) is 22.3 Å². The summed E-state index contributed by atoms with van der Waals surface area (Å²) in [5.74, 6) is -1.08. The van der Waals surface area contributed by atoms with E-state index < -0.39 is 17.6 Å². The summed E-state index contributed by atoms with van der Waals surface area (Å²) in [6, 6.07) is 4.98. The third-order valence-electron chi connectivity index (χ3n) is 2.31. The number of alkyl halides is 3. The van der Waals surface area contributed by atoms with E-state index in [2.05, 4.69) is 10.3 Å². The number of halogens is 5. The molecule has 0 unspecified atom stereocenters.